The second-order valence-electron chi connectivity index (χ2n) is 13.6. The van der Waals surface area contributed by atoms with Crippen molar-refractivity contribution in [3.05, 3.63) is 71.5 Å². The lowest BCUT2D eigenvalue weighted by molar-refractivity contribution is -0.433. The van der Waals surface area contributed by atoms with Gasteiger partial charge in [0.1, 0.15) is 6.54 Å². The minimum atomic E-state index is -4.50. The number of hydrogen-bond donors (Lipinski definition) is 3. The number of unbranched alkanes of at least 4 members (excludes halogenated alkanes) is 2. The zero-order valence-corrected chi connectivity index (χ0v) is 32.1. The number of methoxy groups -OCH3 is 1. The number of carboxylic acid groups (broad SMARTS) is 1. The summed E-state index contributed by atoms with van der Waals surface area (Å²) in [4.78, 5) is 12.9. The quantitative estimate of drug-likeness (QED) is 0.0876. The number of ether oxygens (including phenoxy) is 3. The highest BCUT2D eigenvalue weighted by Crippen LogP contribution is 2.51. The van der Waals surface area contributed by atoms with Crippen LogP contribution in [0.3, 0.4) is 0 Å². The number of nitrogens with zero attached hydrogens (tertiary/aromatic N) is 2. The molecule has 2 aliphatic heterocycles. The van der Waals surface area contributed by atoms with Crippen LogP contribution in [0.4, 0.5) is 11.4 Å². The zero-order valence-electron chi connectivity index (χ0n) is 30.5. The standard InChI is InChI=1S/C37H50N2O11S2/c1-6-38-31-16-14-27(51(42,43)44)25-29(31)36(2,3)33(38)11-10-12-34-37(4,18-20-49-23-24-50-22-21-48-5)30-26-28(52(45,46)47)15-17-32(30)39(34)19-9-7-8-13-35(40)41/h10-12,14-17,25-26H,6-9,13,18-24H2,1-5H3,(H2-,40,41,42,43,44,45,46,47)/p+1. The summed E-state index contributed by atoms with van der Waals surface area (Å²) < 4.78 is 86.8. The van der Waals surface area contributed by atoms with Crippen LogP contribution < -0.4 is 4.90 Å². The molecule has 1 unspecified atom stereocenters. The van der Waals surface area contributed by atoms with Crippen LogP contribution in [-0.4, -0.2) is 101 Å². The molecular weight excluding hydrogens is 713 g/mol. The summed E-state index contributed by atoms with van der Waals surface area (Å²) in [6.45, 7) is 11.1. The van der Waals surface area contributed by atoms with Gasteiger partial charge in [-0.05, 0) is 88.9 Å². The first-order chi connectivity index (χ1) is 24.5. The molecule has 0 fully saturated rings. The number of carboxylic acids is 1. The predicted octanol–water partition coefficient (Wildman–Crippen LogP) is 5.51. The van der Waals surface area contributed by atoms with E-state index in [2.05, 4.69) is 9.48 Å². The lowest BCUT2D eigenvalue weighted by atomic mass is 9.78. The Morgan fingerprint density at radius 2 is 1.48 bits per heavy atom. The third kappa shape index (κ3) is 9.37. The highest BCUT2D eigenvalue weighted by atomic mass is 32.2. The third-order valence-electron chi connectivity index (χ3n) is 9.82. The van der Waals surface area contributed by atoms with Crippen molar-refractivity contribution in [1.29, 1.82) is 0 Å². The molecule has 15 heteroatoms. The fraction of sp³-hybridized carbons (Fsp3) is 0.514. The Morgan fingerprint density at radius 1 is 0.865 bits per heavy atom. The van der Waals surface area contributed by atoms with Crippen LogP contribution in [0.5, 0.6) is 0 Å². The lowest BCUT2D eigenvalue weighted by Crippen LogP contribution is -2.31. The Balaban J connectivity index is 1.74. The summed E-state index contributed by atoms with van der Waals surface area (Å²) >= 11 is 0. The smallest absolute Gasteiger partial charge is 0.303 e. The highest BCUT2D eigenvalue weighted by molar-refractivity contribution is 7.86. The summed E-state index contributed by atoms with van der Waals surface area (Å²) in [5.74, 6) is -0.850. The zero-order chi connectivity index (χ0) is 38.3. The maximum atomic E-state index is 12.3. The monoisotopic (exact) mass is 763 g/mol. The van der Waals surface area contributed by atoms with E-state index in [0.717, 1.165) is 28.3 Å². The van der Waals surface area contributed by atoms with Gasteiger partial charge in [0.2, 0.25) is 5.69 Å². The van der Waals surface area contributed by atoms with Crippen molar-refractivity contribution >= 4 is 43.3 Å². The Morgan fingerprint density at radius 3 is 2.10 bits per heavy atom. The van der Waals surface area contributed by atoms with Gasteiger partial charge in [0.15, 0.2) is 5.71 Å². The van der Waals surface area contributed by atoms with Crippen molar-refractivity contribution in [3.8, 4) is 0 Å². The average Bonchev–Trinajstić information content (AvgIpc) is 3.43. The molecule has 286 valence electrons. The van der Waals surface area contributed by atoms with Crippen LogP contribution in [0, 0.1) is 0 Å². The minimum absolute atomic E-state index is 0.0699. The summed E-state index contributed by atoms with van der Waals surface area (Å²) in [5.41, 5.74) is 3.51. The highest BCUT2D eigenvalue weighted by Gasteiger charge is 2.46. The Kier molecular flexibility index (Phi) is 13.6. The van der Waals surface area contributed by atoms with Crippen LogP contribution in [-0.2, 0) is 50.1 Å². The minimum Gasteiger partial charge on any atom is -0.481 e. The van der Waals surface area contributed by atoms with E-state index in [4.69, 9.17) is 19.3 Å². The largest absolute Gasteiger partial charge is 0.481 e. The molecule has 0 aromatic heterocycles. The lowest BCUT2D eigenvalue weighted by Gasteiger charge is -2.30. The number of benzene rings is 2. The van der Waals surface area contributed by atoms with Crippen molar-refractivity contribution in [2.24, 2.45) is 0 Å². The van der Waals surface area contributed by atoms with Crippen LogP contribution in [0.25, 0.3) is 0 Å². The van der Waals surface area contributed by atoms with Gasteiger partial charge in [-0.25, -0.2) is 0 Å². The molecule has 0 bridgehead atoms. The van der Waals surface area contributed by atoms with Gasteiger partial charge in [-0.15, -0.1) is 0 Å². The molecule has 0 amide bonds. The Hall–Kier alpha value is -3.44. The summed E-state index contributed by atoms with van der Waals surface area (Å²) in [5, 5.41) is 9.13. The van der Waals surface area contributed by atoms with E-state index in [1.807, 2.05) is 45.9 Å². The van der Waals surface area contributed by atoms with Gasteiger partial charge in [0, 0.05) is 61.2 Å². The predicted molar refractivity (Wildman–Crippen MR) is 197 cm³/mol. The Labute approximate surface area is 307 Å². The van der Waals surface area contributed by atoms with Crippen LogP contribution in [0.2, 0.25) is 0 Å². The van der Waals surface area contributed by atoms with Crippen molar-refractivity contribution in [2.45, 2.75) is 80.4 Å². The van der Waals surface area contributed by atoms with Crippen LogP contribution >= 0.6 is 0 Å². The number of aliphatic carboxylic acids is 1. The second kappa shape index (κ2) is 17.1. The van der Waals surface area contributed by atoms with Crippen LogP contribution in [0.1, 0.15) is 70.9 Å². The molecule has 2 heterocycles. The molecule has 1 atom stereocenters. The SMILES string of the molecule is CC[N+]1=C(/C=C\C=C2/N(CCCCCC(=O)O)c3ccc(S(=O)(=O)O)cc3C2(C)CCOCCOCCOC)C(C)(C)c2cc(S(=O)(=O)O)ccc21. The molecular formula is C37H51N2O11S2+. The van der Waals surface area contributed by atoms with E-state index in [-0.39, 0.29) is 16.2 Å². The van der Waals surface area contributed by atoms with Gasteiger partial charge in [-0.1, -0.05) is 12.5 Å². The summed E-state index contributed by atoms with van der Waals surface area (Å²) in [6.07, 6.45) is 8.31. The first kappa shape index (κ1) is 41.3. The fourth-order valence-electron chi connectivity index (χ4n) is 7.05. The number of fused-ring (bicyclic) bond motifs is 2. The summed E-state index contributed by atoms with van der Waals surface area (Å²) in [7, 11) is -7.30. The van der Waals surface area contributed by atoms with Gasteiger partial charge in [0.25, 0.3) is 20.2 Å². The summed E-state index contributed by atoms with van der Waals surface area (Å²) in [6, 6.07) is 9.20. The number of allylic oxidation sites excluding steroid dienone is 4. The molecule has 2 aromatic carbocycles. The van der Waals surface area contributed by atoms with Gasteiger partial charge in [-0.3, -0.25) is 13.9 Å². The molecule has 0 spiro atoms. The van der Waals surface area contributed by atoms with E-state index in [1.165, 1.54) is 24.3 Å². The van der Waals surface area contributed by atoms with Crippen LogP contribution in [0.15, 0.2) is 70.1 Å². The molecule has 0 saturated heterocycles. The van der Waals surface area contributed by atoms with Crippen molar-refractivity contribution in [3.63, 3.8) is 0 Å². The number of carbonyl (C=O) groups is 1. The van der Waals surface area contributed by atoms with Crippen molar-refractivity contribution in [1.82, 2.24) is 0 Å². The number of hydrogen-bond acceptors (Lipinski definition) is 9. The Bertz CT molecular complexity index is 1940. The number of rotatable bonds is 20. The van der Waals surface area contributed by atoms with Gasteiger partial charge < -0.3 is 24.2 Å². The molecule has 0 aliphatic carbocycles. The topological polar surface area (TPSA) is 180 Å². The first-order valence-corrected chi connectivity index (χ1v) is 20.3. The van der Waals surface area contributed by atoms with E-state index < -0.39 is 37.0 Å². The molecule has 2 aliphatic rings. The van der Waals surface area contributed by atoms with Crippen molar-refractivity contribution < 1.29 is 54.6 Å². The molecule has 13 nitrogen and oxygen atoms in total. The van der Waals surface area contributed by atoms with Gasteiger partial charge in [-0.2, -0.15) is 21.4 Å². The average molecular weight is 764 g/mol. The molecule has 2 aromatic rings. The van der Waals surface area contributed by atoms with E-state index in [1.54, 1.807) is 19.2 Å². The maximum Gasteiger partial charge on any atom is 0.303 e. The van der Waals surface area contributed by atoms with Gasteiger partial charge in [0.05, 0.1) is 41.6 Å². The molecule has 52 heavy (non-hydrogen) atoms. The van der Waals surface area contributed by atoms with Crippen molar-refractivity contribution in [2.75, 3.05) is 58.1 Å². The fourth-order valence-corrected chi connectivity index (χ4v) is 8.06. The third-order valence-corrected chi connectivity index (χ3v) is 11.5. The molecule has 0 saturated carbocycles. The maximum absolute atomic E-state index is 12.3. The second-order valence-corrected chi connectivity index (χ2v) is 16.5. The van der Waals surface area contributed by atoms with Gasteiger partial charge >= 0.3 is 5.97 Å². The normalized spacial score (nSPS) is 19.2. The first-order valence-electron chi connectivity index (χ1n) is 17.4. The molecule has 3 N–H and O–H groups in total. The van der Waals surface area contributed by atoms with E-state index >= 15 is 0 Å². The van der Waals surface area contributed by atoms with E-state index in [9.17, 15) is 30.7 Å². The molecule has 0 radical (unpaired) electrons. The van der Waals surface area contributed by atoms with E-state index in [0.29, 0.717) is 77.4 Å². The molecule has 4 rings (SSSR count). The number of anilines is 1.